The molecule has 0 aliphatic rings. The average Bonchev–Trinajstić information content (AvgIpc) is 2.88. The number of carbonyl (C=O) groups is 1. The Morgan fingerprint density at radius 1 is 1.35 bits per heavy atom. The molecule has 1 aromatic carbocycles. The molecule has 2 aromatic rings. The molecular weight excluding hydrogens is 292 g/mol. The fourth-order valence-corrected chi connectivity index (χ4v) is 2.43. The molecule has 1 N–H and O–H groups in total. The van der Waals surface area contributed by atoms with Crippen LogP contribution in [0.1, 0.15) is 18.2 Å². The zero-order valence-electron chi connectivity index (χ0n) is 14.2. The number of hydrogen-bond donors (Lipinski definition) is 1. The number of aryl methyl sites for hydroxylation is 1. The molecule has 0 radical (unpaired) electrons. The van der Waals surface area contributed by atoms with Crippen LogP contribution in [0, 0.1) is 6.92 Å². The van der Waals surface area contributed by atoms with Crippen LogP contribution in [0.15, 0.2) is 30.5 Å². The second-order valence-corrected chi connectivity index (χ2v) is 5.52. The van der Waals surface area contributed by atoms with Crippen molar-refractivity contribution in [2.24, 2.45) is 0 Å². The van der Waals surface area contributed by atoms with Crippen molar-refractivity contribution in [1.29, 1.82) is 0 Å². The zero-order chi connectivity index (χ0) is 16.8. The molecule has 6 heteroatoms. The van der Waals surface area contributed by atoms with Gasteiger partial charge in [0.15, 0.2) is 0 Å². The van der Waals surface area contributed by atoms with Crippen molar-refractivity contribution in [3.8, 4) is 5.75 Å². The molecule has 0 fully saturated rings. The lowest BCUT2D eigenvalue weighted by molar-refractivity contribution is -0.117. The molecule has 6 nitrogen and oxygen atoms in total. The summed E-state index contributed by atoms with van der Waals surface area (Å²) in [6.07, 6.45) is 1.87. The Morgan fingerprint density at radius 3 is 2.61 bits per heavy atom. The highest BCUT2D eigenvalue weighted by Crippen LogP contribution is 2.15. The summed E-state index contributed by atoms with van der Waals surface area (Å²) in [6, 6.07) is 7.29. The smallest absolute Gasteiger partial charge is 0.238 e. The lowest BCUT2D eigenvalue weighted by atomic mass is 10.2. The highest BCUT2D eigenvalue weighted by Gasteiger charge is 2.11. The highest BCUT2D eigenvalue weighted by molar-refractivity contribution is 5.92. The zero-order valence-corrected chi connectivity index (χ0v) is 14.2. The van der Waals surface area contributed by atoms with E-state index in [1.54, 1.807) is 7.11 Å². The van der Waals surface area contributed by atoms with Crippen LogP contribution < -0.4 is 10.1 Å². The van der Waals surface area contributed by atoms with E-state index in [1.165, 1.54) is 0 Å². The quantitative estimate of drug-likeness (QED) is 0.851. The van der Waals surface area contributed by atoms with Gasteiger partial charge in [0.2, 0.25) is 5.91 Å². The maximum atomic E-state index is 12.1. The number of anilines is 1. The van der Waals surface area contributed by atoms with Crippen molar-refractivity contribution < 1.29 is 9.53 Å². The van der Waals surface area contributed by atoms with Gasteiger partial charge in [-0.05, 0) is 45.2 Å². The van der Waals surface area contributed by atoms with Gasteiger partial charge in [-0.25, -0.2) is 0 Å². The lowest BCUT2D eigenvalue weighted by Crippen LogP contribution is -2.30. The monoisotopic (exact) mass is 316 g/mol. The van der Waals surface area contributed by atoms with Crippen LogP contribution in [-0.2, 0) is 17.9 Å². The minimum Gasteiger partial charge on any atom is -0.497 e. The number of benzene rings is 1. The number of aromatic nitrogens is 2. The number of hydrogen-bond acceptors (Lipinski definition) is 4. The predicted molar refractivity (Wildman–Crippen MR) is 90.6 cm³/mol. The van der Waals surface area contributed by atoms with E-state index in [2.05, 4.69) is 24.3 Å². The Bertz CT molecular complexity index is 649. The van der Waals surface area contributed by atoms with E-state index in [0.29, 0.717) is 13.1 Å². The number of likely N-dealkylation sites (N-methyl/N-ethyl adjacent to an activating group) is 1. The molecule has 23 heavy (non-hydrogen) atoms. The number of carbonyl (C=O) groups excluding carboxylic acids is 1. The van der Waals surface area contributed by atoms with E-state index in [0.717, 1.165) is 29.2 Å². The van der Waals surface area contributed by atoms with Gasteiger partial charge >= 0.3 is 0 Å². The minimum atomic E-state index is -0.0433. The summed E-state index contributed by atoms with van der Waals surface area (Å²) in [5.74, 6) is 0.724. The van der Waals surface area contributed by atoms with Crippen molar-refractivity contribution in [2.75, 3.05) is 26.0 Å². The summed E-state index contributed by atoms with van der Waals surface area (Å²) in [7, 11) is 3.54. The first-order chi connectivity index (χ1) is 11.0. The van der Waals surface area contributed by atoms with E-state index < -0.39 is 0 Å². The third-order valence-corrected chi connectivity index (χ3v) is 3.73. The number of methoxy groups -OCH3 is 1. The van der Waals surface area contributed by atoms with Crippen LogP contribution in [0.4, 0.5) is 5.69 Å². The molecule has 0 atom stereocenters. The largest absolute Gasteiger partial charge is 0.497 e. The Balaban J connectivity index is 1.87. The Morgan fingerprint density at radius 2 is 2.04 bits per heavy atom. The summed E-state index contributed by atoms with van der Waals surface area (Å²) in [4.78, 5) is 14.1. The SMILES string of the molecule is CCn1ncc(CN(C)CC(=O)Nc2ccc(OC)cc2)c1C. The van der Waals surface area contributed by atoms with Crippen molar-refractivity contribution in [3.63, 3.8) is 0 Å². The molecule has 0 spiro atoms. The topological polar surface area (TPSA) is 59.4 Å². The van der Waals surface area contributed by atoms with Crippen molar-refractivity contribution >= 4 is 11.6 Å². The van der Waals surface area contributed by atoms with Gasteiger partial charge in [-0.2, -0.15) is 5.10 Å². The van der Waals surface area contributed by atoms with Gasteiger partial charge in [0.05, 0.1) is 19.9 Å². The molecule has 124 valence electrons. The number of amides is 1. The van der Waals surface area contributed by atoms with Gasteiger partial charge in [-0.3, -0.25) is 14.4 Å². The minimum absolute atomic E-state index is 0.0433. The molecule has 0 unspecified atom stereocenters. The lowest BCUT2D eigenvalue weighted by Gasteiger charge is -2.16. The van der Waals surface area contributed by atoms with E-state index in [4.69, 9.17) is 4.74 Å². The van der Waals surface area contributed by atoms with Gasteiger partial charge in [0.1, 0.15) is 5.75 Å². The third-order valence-electron chi connectivity index (χ3n) is 3.73. The average molecular weight is 316 g/mol. The maximum Gasteiger partial charge on any atom is 0.238 e. The summed E-state index contributed by atoms with van der Waals surface area (Å²) in [5, 5.41) is 7.21. The molecule has 2 rings (SSSR count). The van der Waals surface area contributed by atoms with Crippen LogP contribution in [-0.4, -0.2) is 41.3 Å². The molecule has 0 aliphatic carbocycles. The molecule has 0 saturated heterocycles. The van der Waals surface area contributed by atoms with Gasteiger partial charge in [-0.1, -0.05) is 0 Å². The van der Waals surface area contributed by atoms with Gasteiger partial charge < -0.3 is 10.1 Å². The molecule has 0 aliphatic heterocycles. The predicted octanol–water partition coefficient (Wildman–Crippen LogP) is 2.29. The molecule has 1 amide bonds. The van der Waals surface area contributed by atoms with Crippen LogP contribution in [0.3, 0.4) is 0 Å². The fourth-order valence-electron chi connectivity index (χ4n) is 2.43. The van der Waals surface area contributed by atoms with Crippen LogP contribution in [0.25, 0.3) is 0 Å². The van der Waals surface area contributed by atoms with E-state index in [-0.39, 0.29) is 5.91 Å². The normalized spacial score (nSPS) is 10.8. The number of rotatable bonds is 7. The Kier molecular flexibility index (Phi) is 5.76. The molecule has 0 saturated carbocycles. The summed E-state index contributed by atoms with van der Waals surface area (Å²) in [6.45, 7) is 5.99. The summed E-state index contributed by atoms with van der Waals surface area (Å²) >= 11 is 0. The summed E-state index contributed by atoms with van der Waals surface area (Å²) in [5.41, 5.74) is 3.06. The first-order valence-electron chi connectivity index (χ1n) is 7.67. The second kappa shape index (κ2) is 7.78. The first-order valence-corrected chi connectivity index (χ1v) is 7.67. The molecule has 1 heterocycles. The summed E-state index contributed by atoms with van der Waals surface area (Å²) < 4.78 is 7.06. The number of ether oxygens (including phenoxy) is 1. The van der Waals surface area contributed by atoms with Crippen molar-refractivity contribution in [2.45, 2.75) is 26.9 Å². The fraction of sp³-hybridized carbons (Fsp3) is 0.412. The van der Waals surface area contributed by atoms with Gasteiger partial charge in [0.25, 0.3) is 0 Å². The van der Waals surface area contributed by atoms with E-state index >= 15 is 0 Å². The second-order valence-electron chi connectivity index (χ2n) is 5.52. The van der Waals surface area contributed by atoms with Gasteiger partial charge in [-0.15, -0.1) is 0 Å². The maximum absolute atomic E-state index is 12.1. The van der Waals surface area contributed by atoms with E-state index in [1.807, 2.05) is 47.1 Å². The van der Waals surface area contributed by atoms with Crippen LogP contribution in [0.2, 0.25) is 0 Å². The number of nitrogens with one attached hydrogen (secondary N) is 1. The van der Waals surface area contributed by atoms with Crippen LogP contribution >= 0.6 is 0 Å². The van der Waals surface area contributed by atoms with Crippen molar-refractivity contribution in [3.05, 3.63) is 41.7 Å². The Hall–Kier alpha value is -2.34. The highest BCUT2D eigenvalue weighted by atomic mass is 16.5. The standard InChI is InChI=1S/C17H24N4O2/c1-5-21-13(2)14(10-18-21)11-20(3)12-17(22)19-15-6-8-16(23-4)9-7-15/h6-10H,5,11-12H2,1-4H3,(H,19,22). The molecule has 1 aromatic heterocycles. The third kappa shape index (κ3) is 4.56. The molecule has 0 bridgehead atoms. The number of nitrogens with zero attached hydrogens (tertiary/aromatic N) is 3. The molecular formula is C17H24N4O2. The van der Waals surface area contributed by atoms with Crippen molar-refractivity contribution in [1.82, 2.24) is 14.7 Å². The van der Waals surface area contributed by atoms with E-state index in [9.17, 15) is 4.79 Å². The van der Waals surface area contributed by atoms with Crippen LogP contribution in [0.5, 0.6) is 5.75 Å². The Labute approximate surface area is 137 Å². The first kappa shape index (κ1) is 17.0. The van der Waals surface area contributed by atoms with Gasteiger partial charge in [0, 0.05) is 30.0 Å².